The molecule has 0 radical (unpaired) electrons. The molecule has 0 fully saturated rings. The molecule has 0 N–H and O–H groups in total. The summed E-state index contributed by atoms with van der Waals surface area (Å²) in [5.41, 5.74) is 2.70. The van der Waals surface area contributed by atoms with Crippen LogP contribution in [0.15, 0.2) is 41.2 Å². The van der Waals surface area contributed by atoms with Gasteiger partial charge in [-0.15, -0.1) is 0 Å². The molecule has 1 aliphatic heterocycles. The van der Waals surface area contributed by atoms with Crippen LogP contribution in [0.4, 0.5) is 5.69 Å². The van der Waals surface area contributed by atoms with Crippen molar-refractivity contribution in [3.63, 3.8) is 0 Å². The molecule has 3 aromatic rings. The molecule has 2 aromatic carbocycles. The molecule has 0 saturated heterocycles. The van der Waals surface area contributed by atoms with E-state index < -0.39 is 4.92 Å². The van der Waals surface area contributed by atoms with Crippen LogP contribution in [0, 0.1) is 10.1 Å². The van der Waals surface area contributed by atoms with E-state index in [2.05, 4.69) is 0 Å². The summed E-state index contributed by atoms with van der Waals surface area (Å²) in [7, 11) is 0. The highest BCUT2D eigenvalue weighted by Crippen LogP contribution is 2.33. The van der Waals surface area contributed by atoms with Crippen molar-refractivity contribution in [1.82, 2.24) is 9.13 Å². The minimum Gasteiger partial charge on any atom is -0.467 e. The number of hydrogen-bond donors (Lipinski definition) is 0. The molecule has 0 aliphatic carbocycles. The Morgan fingerprint density at radius 2 is 1.93 bits per heavy atom. The molecule has 4 rings (SSSR count). The van der Waals surface area contributed by atoms with Gasteiger partial charge in [0.25, 0.3) is 5.69 Å². The van der Waals surface area contributed by atoms with Crippen LogP contribution in [0.25, 0.3) is 11.0 Å². The molecule has 27 heavy (non-hydrogen) atoms. The van der Waals surface area contributed by atoms with Gasteiger partial charge in [0, 0.05) is 29.8 Å². The number of benzene rings is 2. The lowest BCUT2D eigenvalue weighted by atomic mass is 10.1. The SMILES string of the molecule is CCCn1c(=O)n(Cc2cc([N+](=O)[O-])cc3c2OCOC3)c2ccccc21. The van der Waals surface area contributed by atoms with E-state index in [1.54, 1.807) is 9.13 Å². The number of fused-ring (bicyclic) bond motifs is 2. The first kappa shape index (κ1) is 17.3. The van der Waals surface area contributed by atoms with Gasteiger partial charge in [-0.3, -0.25) is 19.2 Å². The van der Waals surface area contributed by atoms with Crippen LogP contribution in [0.5, 0.6) is 5.75 Å². The Bertz CT molecular complexity index is 1080. The fourth-order valence-electron chi connectivity index (χ4n) is 3.54. The highest BCUT2D eigenvalue weighted by Gasteiger charge is 2.22. The van der Waals surface area contributed by atoms with Gasteiger partial charge in [0.05, 0.1) is 29.1 Å². The van der Waals surface area contributed by atoms with E-state index in [4.69, 9.17) is 9.47 Å². The van der Waals surface area contributed by atoms with Crippen LogP contribution in [-0.4, -0.2) is 20.9 Å². The fourth-order valence-corrected chi connectivity index (χ4v) is 3.54. The van der Waals surface area contributed by atoms with Crippen LogP contribution in [0.1, 0.15) is 24.5 Å². The molecule has 0 bridgehead atoms. The van der Waals surface area contributed by atoms with Crippen LogP contribution < -0.4 is 10.4 Å². The Balaban J connectivity index is 1.88. The second-order valence-corrected chi connectivity index (χ2v) is 6.47. The van der Waals surface area contributed by atoms with Crippen LogP contribution >= 0.6 is 0 Å². The lowest BCUT2D eigenvalue weighted by Crippen LogP contribution is -2.25. The predicted octanol–water partition coefficient (Wildman–Crippen LogP) is 3.04. The number of rotatable bonds is 5. The number of hydrogen-bond acceptors (Lipinski definition) is 5. The molecule has 0 spiro atoms. The van der Waals surface area contributed by atoms with Crippen molar-refractivity contribution in [2.75, 3.05) is 6.79 Å². The molecule has 0 atom stereocenters. The summed E-state index contributed by atoms with van der Waals surface area (Å²) >= 11 is 0. The topological polar surface area (TPSA) is 88.5 Å². The van der Waals surface area contributed by atoms with Crippen molar-refractivity contribution in [1.29, 1.82) is 0 Å². The van der Waals surface area contributed by atoms with Gasteiger partial charge in [-0.1, -0.05) is 19.1 Å². The van der Waals surface area contributed by atoms with Crippen molar-refractivity contribution in [3.8, 4) is 5.75 Å². The van der Waals surface area contributed by atoms with E-state index in [-0.39, 0.29) is 31.3 Å². The third-order valence-corrected chi connectivity index (χ3v) is 4.68. The summed E-state index contributed by atoms with van der Waals surface area (Å²) in [4.78, 5) is 23.9. The van der Waals surface area contributed by atoms with Gasteiger partial charge >= 0.3 is 5.69 Å². The van der Waals surface area contributed by atoms with Gasteiger partial charge in [-0.25, -0.2) is 4.79 Å². The smallest absolute Gasteiger partial charge is 0.329 e. The van der Waals surface area contributed by atoms with Gasteiger partial charge in [0.15, 0.2) is 6.79 Å². The second kappa shape index (κ2) is 6.88. The van der Waals surface area contributed by atoms with E-state index in [0.29, 0.717) is 23.4 Å². The summed E-state index contributed by atoms with van der Waals surface area (Å²) in [6.45, 7) is 3.16. The molecular weight excluding hydrogens is 350 g/mol. The third-order valence-electron chi connectivity index (χ3n) is 4.68. The van der Waals surface area contributed by atoms with E-state index in [0.717, 1.165) is 17.5 Å². The van der Waals surface area contributed by atoms with Crippen LogP contribution in [0.3, 0.4) is 0 Å². The number of nitrogens with zero attached hydrogens (tertiary/aromatic N) is 3. The Kier molecular flexibility index (Phi) is 4.41. The zero-order chi connectivity index (χ0) is 19.0. The summed E-state index contributed by atoms with van der Waals surface area (Å²) in [5, 5.41) is 11.3. The highest BCUT2D eigenvalue weighted by molar-refractivity contribution is 5.76. The van der Waals surface area contributed by atoms with Crippen LogP contribution in [-0.2, 0) is 24.4 Å². The van der Waals surface area contributed by atoms with Gasteiger partial charge in [0.1, 0.15) is 5.75 Å². The fraction of sp³-hybridized carbons (Fsp3) is 0.316. The van der Waals surface area contributed by atoms with Crippen molar-refractivity contribution in [2.24, 2.45) is 0 Å². The largest absolute Gasteiger partial charge is 0.467 e. The quantitative estimate of drug-likeness (QED) is 0.509. The van der Waals surface area contributed by atoms with Gasteiger partial charge in [0.2, 0.25) is 0 Å². The van der Waals surface area contributed by atoms with Gasteiger partial charge in [-0.05, 0) is 18.6 Å². The average molecular weight is 369 g/mol. The maximum absolute atomic E-state index is 13.0. The Labute approximate surface area is 154 Å². The van der Waals surface area contributed by atoms with Crippen molar-refractivity contribution < 1.29 is 14.4 Å². The summed E-state index contributed by atoms with van der Waals surface area (Å²) in [6.07, 6.45) is 0.834. The number of aryl methyl sites for hydroxylation is 1. The second-order valence-electron chi connectivity index (χ2n) is 6.47. The molecule has 0 saturated carbocycles. The van der Waals surface area contributed by atoms with Gasteiger partial charge in [-0.2, -0.15) is 0 Å². The zero-order valence-corrected chi connectivity index (χ0v) is 14.9. The molecule has 1 aromatic heterocycles. The molecule has 2 heterocycles. The first-order valence-corrected chi connectivity index (χ1v) is 8.79. The Hall–Kier alpha value is -3.13. The monoisotopic (exact) mass is 369 g/mol. The third kappa shape index (κ3) is 2.97. The van der Waals surface area contributed by atoms with Crippen molar-refractivity contribution >= 4 is 16.7 Å². The molecule has 1 aliphatic rings. The standard InChI is InChI=1S/C19H19N3O5/c1-2-7-20-16-5-3-4-6-17(16)21(19(20)23)10-13-8-15(22(24)25)9-14-11-26-12-27-18(13)14/h3-6,8-9H,2,7,10-12H2,1H3. The van der Waals surface area contributed by atoms with Crippen molar-refractivity contribution in [2.45, 2.75) is 33.0 Å². The molecule has 0 unspecified atom stereocenters. The number of imidazole rings is 1. The van der Waals surface area contributed by atoms with E-state index in [1.807, 2.05) is 31.2 Å². The molecule has 8 nitrogen and oxygen atoms in total. The number of aromatic nitrogens is 2. The van der Waals surface area contributed by atoms with E-state index >= 15 is 0 Å². The normalized spacial score (nSPS) is 13.4. The lowest BCUT2D eigenvalue weighted by molar-refractivity contribution is -0.385. The Morgan fingerprint density at radius 3 is 2.63 bits per heavy atom. The maximum Gasteiger partial charge on any atom is 0.329 e. The van der Waals surface area contributed by atoms with E-state index in [9.17, 15) is 14.9 Å². The summed E-state index contributed by atoms with van der Waals surface area (Å²) < 4.78 is 14.2. The number of ether oxygens (including phenoxy) is 2. The lowest BCUT2D eigenvalue weighted by Gasteiger charge is -2.20. The maximum atomic E-state index is 13.0. The summed E-state index contributed by atoms with van der Waals surface area (Å²) in [5.74, 6) is 0.561. The molecule has 0 amide bonds. The van der Waals surface area contributed by atoms with Gasteiger partial charge < -0.3 is 9.47 Å². The number of para-hydroxylation sites is 2. The van der Waals surface area contributed by atoms with Crippen molar-refractivity contribution in [3.05, 3.63) is 68.1 Å². The first-order valence-electron chi connectivity index (χ1n) is 8.79. The number of nitro groups is 1. The Morgan fingerprint density at radius 1 is 1.19 bits per heavy atom. The van der Waals surface area contributed by atoms with Crippen LogP contribution in [0.2, 0.25) is 0 Å². The highest BCUT2D eigenvalue weighted by atomic mass is 16.7. The minimum absolute atomic E-state index is 0.0387. The average Bonchev–Trinajstić information content (AvgIpc) is 2.94. The van der Waals surface area contributed by atoms with E-state index in [1.165, 1.54) is 12.1 Å². The molecule has 140 valence electrons. The summed E-state index contributed by atoms with van der Waals surface area (Å²) in [6, 6.07) is 10.5. The zero-order valence-electron chi connectivity index (χ0n) is 14.9. The predicted molar refractivity (Wildman–Crippen MR) is 99.0 cm³/mol. The number of non-ortho nitro benzene ring substituents is 1. The number of nitro benzene ring substituents is 1. The first-order chi connectivity index (χ1) is 13.1. The molecule has 8 heteroatoms. The molecular formula is C19H19N3O5. The minimum atomic E-state index is -0.443.